The lowest BCUT2D eigenvalue weighted by Gasteiger charge is -2.18. The summed E-state index contributed by atoms with van der Waals surface area (Å²) in [5.74, 6) is -0.201. The lowest BCUT2D eigenvalue weighted by molar-refractivity contribution is -0.139. The summed E-state index contributed by atoms with van der Waals surface area (Å²) in [5.41, 5.74) is 0. The first kappa shape index (κ1) is 13.5. The second-order valence-electron chi connectivity index (χ2n) is 4.46. The molecular formula is C11H19N3O3. The monoisotopic (exact) mass is 241 g/mol. The van der Waals surface area contributed by atoms with Gasteiger partial charge in [0.25, 0.3) is 0 Å². The van der Waals surface area contributed by atoms with E-state index in [0.29, 0.717) is 5.82 Å². The van der Waals surface area contributed by atoms with E-state index in [1.165, 1.54) is 0 Å². The van der Waals surface area contributed by atoms with Crippen molar-refractivity contribution in [1.29, 1.82) is 0 Å². The number of carboxylic acids is 1. The molecule has 1 aromatic heterocycles. The molecule has 0 saturated carbocycles. The van der Waals surface area contributed by atoms with Crippen molar-refractivity contribution in [2.24, 2.45) is 5.92 Å². The molecule has 0 saturated heterocycles. The van der Waals surface area contributed by atoms with E-state index < -0.39 is 12.0 Å². The quantitative estimate of drug-likeness (QED) is 0.793. The lowest BCUT2D eigenvalue weighted by Crippen LogP contribution is -2.35. The van der Waals surface area contributed by atoms with E-state index in [2.05, 4.69) is 15.5 Å². The number of hydrogen-bond donors (Lipinski definition) is 2. The SMILES string of the molecule is CC[C@H](C)[C@H](Nc1nc(C(C)C)no1)C(=O)O. The van der Waals surface area contributed by atoms with Crippen molar-refractivity contribution >= 4 is 12.0 Å². The summed E-state index contributed by atoms with van der Waals surface area (Å²) in [6, 6.07) is -0.540. The van der Waals surface area contributed by atoms with Crippen LogP contribution in [0, 0.1) is 5.92 Å². The fraction of sp³-hybridized carbons (Fsp3) is 0.727. The third kappa shape index (κ3) is 3.44. The first-order valence-electron chi connectivity index (χ1n) is 5.78. The number of hydrogen-bond acceptors (Lipinski definition) is 5. The third-order valence-corrected chi connectivity index (χ3v) is 2.72. The molecule has 1 heterocycles. The minimum Gasteiger partial charge on any atom is -0.480 e. The Morgan fingerprint density at radius 3 is 2.53 bits per heavy atom. The highest BCUT2D eigenvalue weighted by Gasteiger charge is 2.25. The number of anilines is 1. The Morgan fingerprint density at radius 1 is 1.47 bits per heavy atom. The fourth-order valence-corrected chi connectivity index (χ4v) is 1.34. The zero-order valence-electron chi connectivity index (χ0n) is 10.6. The molecule has 17 heavy (non-hydrogen) atoms. The van der Waals surface area contributed by atoms with Crippen molar-refractivity contribution in [1.82, 2.24) is 10.1 Å². The first-order valence-corrected chi connectivity index (χ1v) is 5.78. The average Bonchev–Trinajstić information content (AvgIpc) is 2.73. The van der Waals surface area contributed by atoms with Crippen molar-refractivity contribution in [3.63, 3.8) is 0 Å². The molecule has 2 atom stereocenters. The molecular weight excluding hydrogens is 222 g/mol. The van der Waals surface area contributed by atoms with E-state index >= 15 is 0 Å². The normalized spacial score (nSPS) is 14.6. The molecule has 0 amide bonds. The summed E-state index contributed by atoms with van der Waals surface area (Å²) in [7, 11) is 0. The molecule has 96 valence electrons. The molecule has 0 unspecified atom stereocenters. The Morgan fingerprint density at radius 2 is 2.12 bits per heavy atom. The number of aromatic nitrogens is 2. The minimum atomic E-state index is -0.913. The van der Waals surface area contributed by atoms with Crippen LogP contribution in [0.2, 0.25) is 0 Å². The molecule has 1 aromatic rings. The van der Waals surface area contributed by atoms with E-state index in [0.717, 1.165) is 6.42 Å². The second-order valence-corrected chi connectivity index (χ2v) is 4.46. The zero-order chi connectivity index (χ0) is 13.0. The molecule has 0 fully saturated rings. The van der Waals surface area contributed by atoms with Crippen LogP contribution in [0.5, 0.6) is 0 Å². The highest BCUT2D eigenvalue weighted by atomic mass is 16.5. The van der Waals surface area contributed by atoms with Gasteiger partial charge in [-0.2, -0.15) is 4.98 Å². The molecule has 0 bridgehead atoms. The van der Waals surface area contributed by atoms with Gasteiger partial charge in [0.2, 0.25) is 0 Å². The maximum atomic E-state index is 11.1. The summed E-state index contributed by atoms with van der Waals surface area (Å²) in [6.45, 7) is 7.69. The predicted octanol–water partition coefficient (Wildman–Crippen LogP) is 2.10. The van der Waals surface area contributed by atoms with E-state index in [9.17, 15) is 4.79 Å². The molecule has 6 heteroatoms. The van der Waals surface area contributed by atoms with Crippen molar-refractivity contribution in [3.05, 3.63) is 5.82 Å². The Hall–Kier alpha value is -1.59. The van der Waals surface area contributed by atoms with Gasteiger partial charge in [0.05, 0.1) is 0 Å². The number of carboxylic acid groups (broad SMARTS) is 1. The van der Waals surface area contributed by atoms with Crippen LogP contribution in [-0.4, -0.2) is 27.3 Å². The van der Waals surface area contributed by atoms with Crippen LogP contribution >= 0.6 is 0 Å². The molecule has 0 radical (unpaired) electrons. The first-order chi connectivity index (χ1) is 7.95. The van der Waals surface area contributed by atoms with Gasteiger partial charge in [0.15, 0.2) is 5.82 Å². The maximum absolute atomic E-state index is 11.1. The molecule has 0 aliphatic carbocycles. The number of nitrogens with zero attached hydrogens (tertiary/aromatic N) is 2. The largest absolute Gasteiger partial charge is 0.480 e. The standard InChI is InChI=1S/C11H19N3O3/c1-5-7(4)8(10(15)16)12-11-13-9(6(2)3)14-17-11/h6-8H,5H2,1-4H3,(H,15,16)(H,12,13,14)/t7-,8-/m0/s1. The van der Waals surface area contributed by atoms with E-state index in [4.69, 9.17) is 9.63 Å². The van der Waals surface area contributed by atoms with Crippen LogP contribution in [0.1, 0.15) is 45.9 Å². The molecule has 0 aliphatic rings. The number of aliphatic carboxylic acids is 1. The van der Waals surface area contributed by atoms with Crippen LogP contribution in [0.4, 0.5) is 6.01 Å². The van der Waals surface area contributed by atoms with E-state index in [1.54, 1.807) is 0 Å². The number of carbonyl (C=O) groups is 1. The van der Waals surface area contributed by atoms with Gasteiger partial charge >= 0.3 is 12.0 Å². The highest BCUT2D eigenvalue weighted by Crippen LogP contribution is 2.16. The third-order valence-electron chi connectivity index (χ3n) is 2.72. The summed E-state index contributed by atoms with van der Waals surface area (Å²) in [6.07, 6.45) is 0.759. The van der Waals surface area contributed by atoms with Gasteiger partial charge in [0.1, 0.15) is 6.04 Å². The van der Waals surface area contributed by atoms with Gasteiger partial charge in [-0.05, 0) is 5.92 Å². The van der Waals surface area contributed by atoms with Gasteiger partial charge < -0.3 is 14.9 Å². The Kier molecular flexibility index (Phi) is 4.48. The summed E-state index contributed by atoms with van der Waals surface area (Å²) < 4.78 is 4.97. The van der Waals surface area contributed by atoms with Crippen molar-refractivity contribution < 1.29 is 14.4 Å². The Bertz CT molecular complexity index is 376. The number of nitrogens with one attached hydrogen (secondary N) is 1. The van der Waals surface area contributed by atoms with Gasteiger partial charge in [-0.25, -0.2) is 4.79 Å². The molecule has 0 aromatic carbocycles. The average molecular weight is 241 g/mol. The van der Waals surface area contributed by atoms with Crippen molar-refractivity contribution in [3.8, 4) is 0 Å². The van der Waals surface area contributed by atoms with Crippen LogP contribution in [0.3, 0.4) is 0 Å². The topological polar surface area (TPSA) is 88.3 Å². The van der Waals surface area contributed by atoms with Crippen LogP contribution < -0.4 is 5.32 Å². The van der Waals surface area contributed by atoms with Gasteiger partial charge in [-0.3, -0.25) is 0 Å². The minimum absolute atomic E-state index is 0.0121. The van der Waals surface area contributed by atoms with E-state index in [-0.39, 0.29) is 17.9 Å². The van der Waals surface area contributed by atoms with E-state index in [1.807, 2.05) is 27.7 Å². The lowest BCUT2D eigenvalue weighted by atomic mass is 10.00. The van der Waals surface area contributed by atoms with Gasteiger partial charge in [0, 0.05) is 5.92 Å². The van der Waals surface area contributed by atoms with Crippen molar-refractivity contribution in [2.75, 3.05) is 5.32 Å². The van der Waals surface area contributed by atoms with Gasteiger partial charge in [-0.15, -0.1) is 0 Å². The summed E-state index contributed by atoms with van der Waals surface area (Å²) in [4.78, 5) is 15.2. The zero-order valence-corrected chi connectivity index (χ0v) is 10.6. The fourth-order valence-electron chi connectivity index (χ4n) is 1.34. The van der Waals surface area contributed by atoms with Crippen LogP contribution in [0.15, 0.2) is 4.52 Å². The molecule has 0 aliphatic heterocycles. The smallest absolute Gasteiger partial charge is 0.326 e. The van der Waals surface area contributed by atoms with Crippen molar-refractivity contribution in [2.45, 2.75) is 46.1 Å². The Labute approximate surface area is 100 Å². The second kappa shape index (κ2) is 5.65. The molecule has 2 N–H and O–H groups in total. The highest BCUT2D eigenvalue weighted by molar-refractivity contribution is 5.76. The molecule has 6 nitrogen and oxygen atoms in total. The maximum Gasteiger partial charge on any atom is 0.326 e. The van der Waals surface area contributed by atoms with Crippen LogP contribution in [-0.2, 0) is 4.79 Å². The molecule has 1 rings (SSSR count). The van der Waals surface area contributed by atoms with Crippen LogP contribution in [0.25, 0.3) is 0 Å². The Balaban J connectivity index is 2.75. The van der Waals surface area contributed by atoms with Gasteiger partial charge in [-0.1, -0.05) is 39.3 Å². The summed E-state index contributed by atoms with van der Waals surface area (Å²) >= 11 is 0. The summed E-state index contributed by atoms with van der Waals surface area (Å²) in [5, 5.41) is 15.6. The molecule has 0 spiro atoms. The predicted molar refractivity (Wildman–Crippen MR) is 62.9 cm³/mol. The number of rotatable bonds is 6.